The maximum Gasteiger partial charge on any atom is 0.416 e. The van der Waals surface area contributed by atoms with Crippen LogP contribution in [0.2, 0.25) is 0 Å². The lowest BCUT2D eigenvalue weighted by Crippen LogP contribution is -2.55. The molecule has 1 saturated carbocycles. The zero-order valence-electron chi connectivity index (χ0n) is 27.7. The number of fused-ring (bicyclic) bond motifs is 1. The van der Waals surface area contributed by atoms with Crippen LogP contribution in [0.5, 0.6) is 0 Å². The SMILES string of the molecule is Cc1ccc(NC(=O)C2C[C@@H]3CN(CC(F)(F)F)C[C@@H]3N(C(=O)c3c(C)cccc3F)C2c2ccc(NC3CCCC3)cc2)cc1C(F)(F)F. The first kappa shape index (κ1) is 35.7. The molecular formula is C37H39F7N4O2. The van der Waals surface area contributed by atoms with Gasteiger partial charge in [0.25, 0.3) is 5.91 Å². The molecule has 0 aromatic heterocycles. The second kappa shape index (κ2) is 13.9. The molecule has 6 nitrogen and oxygen atoms in total. The summed E-state index contributed by atoms with van der Waals surface area (Å²) in [5.41, 5.74) is 0.306. The molecular weight excluding hydrogens is 665 g/mol. The molecule has 3 aromatic rings. The number of carbonyl (C=O) groups excluding carboxylic acids is 2. The van der Waals surface area contributed by atoms with E-state index in [0.717, 1.165) is 43.5 Å². The largest absolute Gasteiger partial charge is 0.416 e. The van der Waals surface area contributed by atoms with Gasteiger partial charge in [-0.3, -0.25) is 14.5 Å². The van der Waals surface area contributed by atoms with Crippen LogP contribution < -0.4 is 10.6 Å². The molecule has 268 valence electrons. The van der Waals surface area contributed by atoms with E-state index in [4.69, 9.17) is 0 Å². The van der Waals surface area contributed by atoms with E-state index in [1.165, 1.54) is 34.9 Å². The standard InChI is InChI=1S/C37H39F7N4O2/c1-21-10-13-27(17-29(21)37(42,43)44)46-34(49)28-16-24-18-47(20-36(39,40)41)19-31(24)48(35(50)32-22(2)6-5-9-30(32)38)33(28)23-11-14-26(15-12-23)45-25-7-3-4-8-25/h5-6,9-15,17,24-25,28,31,33,45H,3-4,7-8,16,18-20H2,1-2H3,(H,46,49)/t24-,28?,31+,33?/m1/s1. The van der Waals surface area contributed by atoms with Crippen LogP contribution in [0, 0.1) is 31.5 Å². The third-order valence-electron chi connectivity index (χ3n) is 10.3. The molecule has 50 heavy (non-hydrogen) atoms. The van der Waals surface area contributed by atoms with Crippen molar-refractivity contribution < 1.29 is 40.3 Å². The number of alkyl halides is 6. The Morgan fingerprint density at radius 3 is 2.18 bits per heavy atom. The summed E-state index contributed by atoms with van der Waals surface area (Å²) in [4.78, 5) is 31.3. The number of rotatable bonds is 7. The van der Waals surface area contributed by atoms with E-state index >= 15 is 4.39 Å². The third-order valence-corrected chi connectivity index (χ3v) is 10.3. The molecule has 0 bridgehead atoms. The topological polar surface area (TPSA) is 64.7 Å². The minimum atomic E-state index is -4.67. The Hall–Kier alpha value is -4.13. The van der Waals surface area contributed by atoms with Crippen LogP contribution >= 0.6 is 0 Å². The lowest BCUT2D eigenvalue weighted by molar-refractivity contribution is -0.144. The van der Waals surface area contributed by atoms with E-state index in [0.29, 0.717) is 17.2 Å². The number of halogens is 7. The highest BCUT2D eigenvalue weighted by molar-refractivity contribution is 5.98. The van der Waals surface area contributed by atoms with Gasteiger partial charge in [0.15, 0.2) is 0 Å². The zero-order chi connectivity index (χ0) is 36.0. The molecule has 2 N–H and O–H groups in total. The van der Waals surface area contributed by atoms with Crippen LogP contribution in [0.3, 0.4) is 0 Å². The van der Waals surface area contributed by atoms with Gasteiger partial charge in [0, 0.05) is 36.5 Å². The van der Waals surface area contributed by atoms with Gasteiger partial charge in [0.05, 0.1) is 29.6 Å². The highest BCUT2D eigenvalue weighted by Gasteiger charge is 2.53. The van der Waals surface area contributed by atoms with Gasteiger partial charge in [-0.25, -0.2) is 4.39 Å². The molecule has 2 saturated heterocycles. The third kappa shape index (κ3) is 7.62. The van der Waals surface area contributed by atoms with E-state index in [-0.39, 0.29) is 36.3 Å². The summed E-state index contributed by atoms with van der Waals surface area (Å²) in [5.74, 6) is -3.97. The van der Waals surface area contributed by atoms with Crippen molar-refractivity contribution in [3.63, 3.8) is 0 Å². The van der Waals surface area contributed by atoms with Gasteiger partial charge in [0.1, 0.15) is 5.82 Å². The number of nitrogens with one attached hydrogen (secondary N) is 2. The summed E-state index contributed by atoms with van der Waals surface area (Å²) < 4.78 is 97.5. The van der Waals surface area contributed by atoms with Crippen LogP contribution in [-0.2, 0) is 11.0 Å². The van der Waals surface area contributed by atoms with Gasteiger partial charge in [-0.15, -0.1) is 0 Å². The molecule has 3 aromatic carbocycles. The number of aryl methyl sites for hydroxylation is 2. The molecule has 2 aliphatic heterocycles. The highest BCUT2D eigenvalue weighted by Crippen LogP contribution is 2.47. The van der Waals surface area contributed by atoms with Gasteiger partial charge < -0.3 is 15.5 Å². The highest BCUT2D eigenvalue weighted by atomic mass is 19.4. The van der Waals surface area contributed by atoms with Crippen molar-refractivity contribution in [1.29, 1.82) is 0 Å². The Morgan fingerprint density at radius 1 is 0.860 bits per heavy atom. The number of carbonyl (C=O) groups is 2. The summed E-state index contributed by atoms with van der Waals surface area (Å²) in [6.07, 6.45) is -4.89. The second-order valence-corrected chi connectivity index (χ2v) is 13.8. The van der Waals surface area contributed by atoms with Crippen LogP contribution in [0.4, 0.5) is 42.1 Å². The number of nitrogens with zero attached hydrogens (tertiary/aromatic N) is 2. The average Bonchev–Trinajstić information content (AvgIpc) is 3.69. The number of amides is 2. The van der Waals surface area contributed by atoms with Gasteiger partial charge in [-0.05, 0) is 86.1 Å². The second-order valence-electron chi connectivity index (χ2n) is 13.8. The van der Waals surface area contributed by atoms with Gasteiger partial charge in [-0.1, -0.05) is 43.2 Å². The fraction of sp³-hybridized carbons (Fsp3) is 0.459. The number of piperidine rings is 1. The Labute approximate surface area is 286 Å². The fourth-order valence-corrected chi connectivity index (χ4v) is 8.00. The normalized spacial score (nSPS) is 23.2. The van der Waals surface area contributed by atoms with Crippen molar-refractivity contribution in [2.24, 2.45) is 11.8 Å². The van der Waals surface area contributed by atoms with Crippen molar-refractivity contribution in [3.05, 3.63) is 94.3 Å². The molecule has 3 fully saturated rings. The summed E-state index contributed by atoms with van der Waals surface area (Å²) in [7, 11) is 0. The molecule has 2 unspecified atom stereocenters. The molecule has 6 rings (SSSR count). The van der Waals surface area contributed by atoms with Crippen molar-refractivity contribution >= 4 is 23.2 Å². The Balaban J connectivity index is 1.43. The van der Waals surface area contributed by atoms with E-state index < -0.39 is 66.0 Å². The first-order chi connectivity index (χ1) is 23.6. The summed E-state index contributed by atoms with van der Waals surface area (Å²) in [6, 6.07) is 13.1. The average molecular weight is 705 g/mol. The van der Waals surface area contributed by atoms with Gasteiger partial charge >= 0.3 is 12.4 Å². The molecule has 4 atom stereocenters. The van der Waals surface area contributed by atoms with Crippen LogP contribution in [0.25, 0.3) is 0 Å². The van der Waals surface area contributed by atoms with E-state index in [1.54, 1.807) is 25.1 Å². The minimum absolute atomic E-state index is 0.0343. The Bertz CT molecular complexity index is 1700. The zero-order valence-corrected chi connectivity index (χ0v) is 27.7. The van der Waals surface area contributed by atoms with Crippen LogP contribution in [-0.4, -0.2) is 59.5 Å². The molecule has 0 radical (unpaired) electrons. The first-order valence-corrected chi connectivity index (χ1v) is 16.8. The molecule has 13 heteroatoms. The van der Waals surface area contributed by atoms with E-state index in [9.17, 15) is 35.9 Å². The van der Waals surface area contributed by atoms with E-state index in [2.05, 4.69) is 10.6 Å². The van der Waals surface area contributed by atoms with Crippen molar-refractivity contribution in [1.82, 2.24) is 9.80 Å². The van der Waals surface area contributed by atoms with Crippen LogP contribution in [0.15, 0.2) is 60.7 Å². The van der Waals surface area contributed by atoms with Crippen molar-refractivity contribution in [3.8, 4) is 0 Å². The predicted octanol–water partition coefficient (Wildman–Crippen LogP) is 8.52. The van der Waals surface area contributed by atoms with Crippen molar-refractivity contribution in [2.75, 3.05) is 30.3 Å². The quantitative estimate of drug-likeness (QED) is 0.242. The number of anilines is 2. The van der Waals surface area contributed by atoms with E-state index in [1.807, 2.05) is 12.1 Å². The Kier molecular flexibility index (Phi) is 9.91. The predicted molar refractivity (Wildman–Crippen MR) is 175 cm³/mol. The number of likely N-dealkylation sites (tertiary alicyclic amines) is 2. The van der Waals surface area contributed by atoms with Gasteiger partial charge in [-0.2, -0.15) is 26.3 Å². The number of hydrogen-bond acceptors (Lipinski definition) is 4. The Morgan fingerprint density at radius 2 is 1.54 bits per heavy atom. The lowest BCUT2D eigenvalue weighted by atomic mass is 9.76. The van der Waals surface area contributed by atoms with Crippen LogP contribution in [0.1, 0.15) is 70.8 Å². The van der Waals surface area contributed by atoms with Crippen molar-refractivity contribution in [2.45, 2.75) is 76.4 Å². The molecule has 0 spiro atoms. The molecule has 3 aliphatic rings. The lowest BCUT2D eigenvalue weighted by Gasteiger charge is -2.47. The fourth-order valence-electron chi connectivity index (χ4n) is 8.00. The first-order valence-electron chi connectivity index (χ1n) is 16.8. The number of hydrogen-bond donors (Lipinski definition) is 2. The summed E-state index contributed by atoms with van der Waals surface area (Å²) >= 11 is 0. The molecule has 1 aliphatic carbocycles. The van der Waals surface area contributed by atoms with Gasteiger partial charge in [0.2, 0.25) is 5.91 Å². The smallest absolute Gasteiger partial charge is 0.382 e. The maximum absolute atomic E-state index is 15.4. The molecule has 2 heterocycles. The summed E-state index contributed by atoms with van der Waals surface area (Å²) in [5, 5.41) is 6.09. The molecule has 2 amide bonds. The minimum Gasteiger partial charge on any atom is -0.382 e. The number of benzene rings is 3. The monoisotopic (exact) mass is 704 g/mol. The summed E-state index contributed by atoms with van der Waals surface area (Å²) in [6.45, 7) is 1.40. The maximum atomic E-state index is 15.4.